The van der Waals surface area contributed by atoms with Crippen LogP contribution in [0.25, 0.3) is 0 Å². The third-order valence-corrected chi connectivity index (χ3v) is 3.92. The van der Waals surface area contributed by atoms with E-state index in [2.05, 4.69) is 44.8 Å². The number of rotatable bonds is 3. The molecule has 0 aromatic carbocycles. The van der Waals surface area contributed by atoms with Crippen LogP contribution in [0.15, 0.2) is 0 Å². The van der Waals surface area contributed by atoms with Crippen LogP contribution in [0.5, 0.6) is 0 Å². The zero-order valence-electron chi connectivity index (χ0n) is 15.8. The van der Waals surface area contributed by atoms with Gasteiger partial charge in [0.1, 0.15) is 5.60 Å². The maximum atomic E-state index is 12.0. The largest absolute Gasteiger partial charge is 0.444 e. The predicted octanol–water partition coefficient (Wildman–Crippen LogP) is 4.05. The minimum Gasteiger partial charge on any atom is -0.444 e. The fourth-order valence-corrected chi connectivity index (χ4v) is 3.26. The molecule has 4 nitrogen and oxygen atoms in total. The summed E-state index contributed by atoms with van der Waals surface area (Å²) < 4.78 is 5.40. The number of ether oxygens (including phenoxy) is 1. The topological polar surface area (TPSA) is 41.6 Å². The van der Waals surface area contributed by atoms with Crippen molar-refractivity contribution < 1.29 is 9.53 Å². The van der Waals surface area contributed by atoms with Gasteiger partial charge in [0.2, 0.25) is 0 Å². The number of amides is 1. The van der Waals surface area contributed by atoms with Gasteiger partial charge in [-0.15, -0.1) is 0 Å². The smallest absolute Gasteiger partial charge is 0.407 e. The summed E-state index contributed by atoms with van der Waals surface area (Å²) in [5, 5.41) is 3.07. The van der Waals surface area contributed by atoms with E-state index in [4.69, 9.17) is 4.74 Å². The van der Waals surface area contributed by atoms with E-state index in [1.54, 1.807) is 0 Å². The molecule has 1 heterocycles. The summed E-state index contributed by atoms with van der Waals surface area (Å²) in [6.45, 7) is 19.1. The van der Waals surface area contributed by atoms with Crippen LogP contribution >= 0.6 is 0 Å². The highest BCUT2D eigenvalue weighted by Gasteiger charge is 2.32. The van der Waals surface area contributed by atoms with Gasteiger partial charge in [-0.2, -0.15) is 0 Å². The SMILES string of the molecule is CC(C)N1CC(CC(C)(C)C)CC(NC(=O)OC(C)(C)C)C1. The molecule has 1 N–H and O–H groups in total. The highest BCUT2D eigenvalue weighted by atomic mass is 16.6. The van der Waals surface area contributed by atoms with E-state index in [1.165, 1.54) is 6.42 Å². The van der Waals surface area contributed by atoms with Crippen molar-refractivity contribution in [3.8, 4) is 0 Å². The van der Waals surface area contributed by atoms with E-state index in [0.717, 1.165) is 19.5 Å². The number of likely N-dealkylation sites (tertiary alicyclic amines) is 1. The summed E-state index contributed by atoms with van der Waals surface area (Å²) in [4.78, 5) is 14.5. The van der Waals surface area contributed by atoms with E-state index in [-0.39, 0.29) is 12.1 Å². The van der Waals surface area contributed by atoms with Crippen molar-refractivity contribution >= 4 is 6.09 Å². The molecule has 0 aromatic heterocycles. The fourth-order valence-electron chi connectivity index (χ4n) is 3.26. The Labute approximate surface area is 137 Å². The Balaban J connectivity index is 2.66. The molecule has 2 atom stereocenters. The molecule has 0 spiro atoms. The number of nitrogens with one attached hydrogen (secondary N) is 1. The molecule has 1 amide bonds. The zero-order valence-corrected chi connectivity index (χ0v) is 15.8. The molecule has 1 aliphatic rings. The van der Waals surface area contributed by atoms with Crippen LogP contribution in [0.2, 0.25) is 0 Å². The van der Waals surface area contributed by atoms with Crippen LogP contribution in [0.4, 0.5) is 4.79 Å². The molecule has 0 aliphatic carbocycles. The molecule has 1 fully saturated rings. The second kappa shape index (κ2) is 7.20. The van der Waals surface area contributed by atoms with E-state index in [0.29, 0.717) is 17.4 Å². The van der Waals surface area contributed by atoms with Crippen LogP contribution < -0.4 is 5.32 Å². The third-order valence-electron chi connectivity index (χ3n) is 3.92. The standard InChI is InChI=1S/C18H36N2O2/c1-13(2)20-11-14(10-17(3,4)5)9-15(12-20)19-16(21)22-18(6,7)8/h13-15H,9-12H2,1-8H3,(H,19,21). The molecule has 1 saturated heterocycles. The highest BCUT2D eigenvalue weighted by molar-refractivity contribution is 5.68. The van der Waals surface area contributed by atoms with Crippen LogP contribution in [-0.2, 0) is 4.74 Å². The van der Waals surface area contributed by atoms with Crippen molar-refractivity contribution in [3.05, 3.63) is 0 Å². The van der Waals surface area contributed by atoms with Crippen LogP contribution in [0.3, 0.4) is 0 Å². The van der Waals surface area contributed by atoms with Gasteiger partial charge in [0, 0.05) is 25.2 Å². The van der Waals surface area contributed by atoms with Crippen molar-refractivity contribution in [1.82, 2.24) is 10.2 Å². The van der Waals surface area contributed by atoms with Crippen LogP contribution in [0.1, 0.15) is 68.2 Å². The molecule has 130 valence electrons. The highest BCUT2D eigenvalue weighted by Crippen LogP contribution is 2.31. The lowest BCUT2D eigenvalue weighted by Gasteiger charge is -2.42. The number of piperidine rings is 1. The van der Waals surface area contributed by atoms with Crippen molar-refractivity contribution in [1.29, 1.82) is 0 Å². The molecule has 0 radical (unpaired) electrons. The third kappa shape index (κ3) is 7.48. The lowest BCUT2D eigenvalue weighted by Crippen LogP contribution is -2.53. The lowest BCUT2D eigenvalue weighted by molar-refractivity contribution is 0.0404. The van der Waals surface area contributed by atoms with E-state index in [9.17, 15) is 4.79 Å². The van der Waals surface area contributed by atoms with E-state index in [1.807, 2.05) is 20.8 Å². The Morgan fingerprint density at radius 1 is 1.18 bits per heavy atom. The predicted molar refractivity (Wildman–Crippen MR) is 92.0 cm³/mol. The van der Waals surface area contributed by atoms with Gasteiger partial charge in [0.05, 0.1) is 0 Å². The number of carbonyl (C=O) groups is 1. The van der Waals surface area contributed by atoms with Crippen LogP contribution in [-0.4, -0.2) is 41.8 Å². The molecule has 0 aromatic rings. The first-order valence-electron chi connectivity index (χ1n) is 8.59. The molecule has 22 heavy (non-hydrogen) atoms. The Morgan fingerprint density at radius 2 is 1.77 bits per heavy atom. The monoisotopic (exact) mass is 312 g/mol. The average Bonchev–Trinajstić information content (AvgIpc) is 2.22. The van der Waals surface area contributed by atoms with Crippen molar-refractivity contribution in [2.24, 2.45) is 11.3 Å². The van der Waals surface area contributed by atoms with E-state index >= 15 is 0 Å². The summed E-state index contributed by atoms with van der Waals surface area (Å²) in [6, 6.07) is 0.684. The molecule has 4 heteroatoms. The molecule has 0 saturated carbocycles. The lowest BCUT2D eigenvalue weighted by atomic mass is 9.80. The summed E-state index contributed by atoms with van der Waals surface area (Å²) >= 11 is 0. The summed E-state index contributed by atoms with van der Waals surface area (Å²) in [5.41, 5.74) is -0.123. The Bertz CT molecular complexity index is 366. The zero-order chi connectivity index (χ0) is 17.1. The van der Waals surface area contributed by atoms with Gasteiger partial charge in [-0.05, 0) is 58.8 Å². The van der Waals surface area contributed by atoms with Gasteiger partial charge < -0.3 is 10.1 Å². The number of alkyl carbamates (subject to hydrolysis) is 1. The van der Waals surface area contributed by atoms with E-state index < -0.39 is 5.60 Å². The molecule has 1 rings (SSSR count). The Morgan fingerprint density at radius 3 is 2.23 bits per heavy atom. The molecule has 0 bridgehead atoms. The number of hydrogen-bond acceptors (Lipinski definition) is 3. The van der Waals surface area contributed by atoms with Crippen LogP contribution in [0, 0.1) is 11.3 Å². The molecular formula is C18H36N2O2. The summed E-state index contributed by atoms with van der Waals surface area (Å²) in [7, 11) is 0. The normalized spacial score (nSPS) is 24.4. The van der Waals surface area contributed by atoms with Gasteiger partial charge >= 0.3 is 6.09 Å². The quantitative estimate of drug-likeness (QED) is 0.855. The minimum absolute atomic E-state index is 0.179. The molecule has 2 unspecified atom stereocenters. The number of hydrogen-bond donors (Lipinski definition) is 1. The maximum absolute atomic E-state index is 12.0. The van der Waals surface area contributed by atoms with Crippen molar-refractivity contribution in [2.75, 3.05) is 13.1 Å². The summed E-state index contributed by atoms with van der Waals surface area (Å²) in [5.74, 6) is 0.621. The second-order valence-corrected chi connectivity index (χ2v) is 9.26. The number of nitrogens with zero attached hydrogens (tertiary/aromatic N) is 1. The Kier molecular flexibility index (Phi) is 6.31. The average molecular weight is 312 g/mol. The first kappa shape index (κ1) is 19.3. The van der Waals surface area contributed by atoms with Gasteiger partial charge in [0.25, 0.3) is 0 Å². The Hall–Kier alpha value is -0.770. The molecule has 1 aliphatic heterocycles. The molecular weight excluding hydrogens is 276 g/mol. The van der Waals surface area contributed by atoms with Gasteiger partial charge in [0.15, 0.2) is 0 Å². The van der Waals surface area contributed by atoms with Gasteiger partial charge in [-0.3, -0.25) is 4.90 Å². The second-order valence-electron chi connectivity index (χ2n) is 9.26. The van der Waals surface area contributed by atoms with Crippen molar-refractivity contribution in [3.63, 3.8) is 0 Å². The fraction of sp³-hybridized carbons (Fsp3) is 0.944. The van der Waals surface area contributed by atoms with Crippen molar-refractivity contribution in [2.45, 2.75) is 85.9 Å². The first-order chi connectivity index (χ1) is 9.85. The first-order valence-corrected chi connectivity index (χ1v) is 8.59. The van der Waals surface area contributed by atoms with Gasteiger partial charge in [-0.25, -0.2) is 4.79 Å². The minimum atomic E-state index is -0.443. The maximum Gasteiger partial charge on any atom is 0.407 e. The summed E-state index contributed by atoms with van der Waals surface area (Å²) in [6.07, 6.45) is 1.93. The van der Waals surface area contributed by atoms with Gasteiger partial charge in [-0.1, -0.05) is 20.8 Å². The number of carbonyl (C=O) groups excluding carboxylic acids is 1.